The zero-order valence-electron chi connectivity index (χ0n) is 62.7. The van der Waals surface area contributed by atoms with Crippen LogP contribution < -0.4 is 0 Å². The first-order valence-corrected chi connectivity index (χ1v) is 39.6. The summed E-state index contributed by atoms with van der Waals surface area (Å²) in [7, 11) is 0. The number of rotatable bonds is 8. The number of hydrogen-bond acceptors (Lipinski definition) is 4. The van der Waals surface area contributed by atoms with Gasteiger partial charge in [0.25, 0.3) is 0 Å². The first kappa shape index (κ1) is 65.1. The summed E-state index contributed by atoms with van der Waals surface area (Å²) in [5, 5.41) is 19.0. The van der Waals surface area contributed by atoms with E-state index in [1.807, 2.05) is 0 Å². The highest BCUT2D eigenvalue weighted by Crippen LogP contribution is 2.44. The highest BCUT2D eigenvalue weighted by molar-refractivity contribution is 6.20. The number of fused-ring (bicyclic) bond motifs is 21. The van der Waals surface area contributed by atoms with Crippen LogP contribution >= 0.6 is 0 Å². The Hall–Kier alpha value is -15.6. The van der Waals surface area contributed by atoms with E-state index in [1.165, 1.54) is 120 Å². The van der Waals surface area contributed by atoms with E-state index in [1.54, 1.807) is 0 Å². The molecule has 25 aromatic rings. The molecule has 0 atom stereocenters. The Kier molecular flexibility index (Phi) is 14.6. The van der Waals surface area contributed by atoms with Crippen LogP contribution in [0.15, 0.2) is 400 Å². The molecule has 8 heterocycles. The molecule has 0 aliphatic rings. The Balaban J connectivity index is 0.000000134. The fraction of sp³-hybridized carbons (Fsp3) is 0. The lowest BCUT2D eigenvalue weighted by atomic mass is 9.95. The molecule has 0 spiro atoms. The SMILES string of the molecule is c1ccc(-c2c3ccccc3nc3c2ccc2ccc(-c4ccc(-n5c6ccccc6c6cc(-n7c8ccccc8c8ccccc87)ccc65)cc4)nc23)cc1.c1ccc(-c2c3ccccc3nc3c2ccc2ccc(-c4ccc5cc(-n6c7ccccc7c7cc(-n8c9ccccc9c9ccccc98)ccc76)ccc5c4)nc23)cc1. The Morgan fingerprint density at radius 2 is 0.457 bits per heavy atom. The van der Waals surface area contributed by atoms with Gasteiger partial charge in [0.2, 0.25) is 0 Å². The van der Waals surface area contributed by atoms with E-state index in [0.717, 1.165) is 111 Å². The summed E-state index contributed by atoms with van der Waals surface area (Å²) in [4.78, 5) is 21.1. The molecule has 0 amide bonds. The van der Waals surface area contributed by atoms with E-state index >= 15 is 0 Å². The molecule has 8 aromatic heterocycles. The van der Waals surface area contributed by atoms with Gasteiger partial charge in [-0.15, -0.1) is 0 Å². The molecule has 25 rings (SSSR count). The number of pyridine rings is 4. The molecule has 0 fully saturated rings. The Labute approximate surface area is 665 Å². The minimum Gasteiger partial charge on any atom is -0.309 e. The van der Waals surface area contributed by atoms with Gasteiger partial charge >= 0.3 is 0 Å². The second-order valence-corrected chi connectivity index (χ2v) is 30.3. The maximum absolute atomic E-state index is 5.34. The van der Waals surface area contributed by atoms with Gasteiger partial charge in [0.1, 0.15) is 0 Å². The van der Waals surface area contributed by atoms with Crippen LogP contribution in [0.5, 0.6) is 0 Å². The van der Waals surface area contributed by atoms with Gasteiger partial charge in [-0.1, -0.05) is 273 Å². The van der Waals surface area contributed by atoms with Gasteiger partial charge in [0, 0.05) is 120 Å². The van der Waals surface area contributed by atoms with Crippen LogP contribution in [0.1, 0.15) is 0 Å². The van der Waals surface area contributed by atoms with Gasteiger partial charge in [-0.25, -0.2) is 19.9 Å². The molecule has 0 N–H and O–H groups in total. The van der Waals surface area contributed by atoms with Gasteiger partial charge in [-0.05, 0) is 149 Å². The summed E-state index contributed by atoms with van der Waals surface area (Å²) in [5.74, 6) is 0. The quantitative estimate of drug-likeness (QED) is 0.112. The van der Waals surface area contributed by atoms with Gasteiger partial charge < -0.3 is 18.3 Å². The molecular formula is C108H66N8. The predicted octanol–water partition coefficient (Wildman–Crippen LogP) is 28.1. The monoisotopic (exact) mass is 1470 g/mol. The van der Waals surface area contributed by atoms with Crippen LogP contribution in [0, 0.1) is 0 Å². The fourth-order valence-corrected chi connectivity index (χ4v) is 18.7. The third kappa shape index (κ3) is 10.2. The molecule has 8 nitrogen and oxygen atoms in total. The number of benzene rings is 17. The van der Waals surface area contributed by atoms with Crippen LogP contribution in [0.25, 0.3) is 231 Å². The number of nitrogens with zero attached hydrogens (tertiary/aromatic N) is 8. The third-order valence-corrected chi connectivity index (χ3v) is 23.9. The molecule has 116 heavy (non-hydrogen) atoms. The molecule has 0 radical (unpaired) electrons. The Bertz CT molecular complexity index is 8290. The fourth-order valence-electron chi connectivity index (χ4n) is 18.7. The van der Waals surface area contributed by atoms with Crippen LogP contribution in [0.3, 0.4) is 0 Å². The molecule has 538 valence electrons. The van der Waals surface area contributed by atoms with Crippen molar-refractivity contribution in [2.75, 3.05) is 0 Å². The normalized spacial score (nSPS) is 12.0. The van der Waals surface area contributed by atoms with Crippen LogP contribution in [0.4, 0.5) is 0 Å². The first-order chi connectivity index (χ1) is 57.5. The molecule has 0 saturated heterocycles. The highest BCUT2D eigenvalue weighted by atomic mass is 15.0. The number of aromatic nitrogens is 8. The van der Waals surface area contributed by atoms with E-state index in [0.29, 0.717) is 0 Å². The van der Waals surface area contributed by atoms with Gasteiger partial charge in [0.05, 0.1) is 88.6 Å². The smallest absolute Gasteiger partial charge is 0.0978 e. The first-order valence-electron chi connectivity index (χ1n) is 39.6. The minimum atomic E-state index is 0.911. The molecule has 0 saturated carbocycles. The van der Waals surface area contributed by atoms with Crippen molar-refractivity contribution in [2.24, 2.45) is 0 Å². The maximum Gasteiger partial charge on any atom is 0.0978 e. The molecule has 0 bridgehead atoms. The van der Waals surface area contributed by atoms with E-state index < -0.39 is 0 Å². The van der Waals surface area contributed by atoms with Crippen LogP contribution in [-0.4, -0.2) is 38.2 Å². The lowest BCUT2D eigenvalue weighted by Gasteiger charge is -2.13. The van der Waals surface area contributed by atoms with Crippen molar-refractivity contribution in [3.63, 3.8) is 0 Å². The zero-order valence-corrected chi connectivity index (χ0v) is 62.7. The van der Waals surface area contributed by atoms with E-state index in [-0.39, 0.29) is 0 Å². The van der Waals surface area contributed by atoms with E-state index in [9.17, 15) is 0 Å². The average molecular weight is 1480 g/mol. The van der Waals surface area contributed by atoms with Crippen molar-refractivity contribution in [1.29, 1.82) is 0 Å². The predicted molar refractivity (Wildman–Crippen MR) is 486 cm³/mol. The molecule has 0 aliphatic heterocycles. The lowest BCUT2D eigenvalue weighted by Crippen LogP contribution is -1.96. The summed E-state index contributed by atoms with van der Waals surface area (Å²) in [6.07, 6.45) is 0. The summed E-state index contributed by atoms with van der Waals surface area (Å²) < 4.78 is 9.58. The Morgan fingerprint density at radius 3 is 0.897 bits per heavy atom. The van der Waals surface area contributed by atoms with Gasteiger partial charge in [-0.2, -0.15) is 0 Å². The Morgan fingerprint density at radius 1 is 0.155 bits per heavy atom. The van der Waals surface area contributed by atoms with Crippen molar-refractivity contribution in [3.8, 4) is 67.5 Å². The standard InChI is InChI=1S/C56H34N4.C52H32N4/c1-2-12-35(13-3-1)54-45-17-4-8-18-49(45)58-56-46(54)29-25-36-26-30-48(57-55(36)56)39-23-22-38-33-40(27-24-37(38)32-39)59-52-21-11-7-16-44(52)47-34-41(28-31-53(47)59)60-50-19-9-5-14-42(50)43-15-6-10-20-51(43)60;1-2-12-34(13-3-1)50-41-17-4-8-18-45(41)54-52-42(50)29-24-35-25-30-44(53-51(35)52)33-22-26-36(27-23-33)55-48-21-11-7-16-40(48)43-32-37(28-31-49(43)55)56-46-19-9-5-14-38(46)39-15-6-10-20-47(39)56/h1-34H;1-32H. The van der Waals surface area contributed by atoms with E-state index in [2.05, 4.69) is 419 Å². The second kappa shape index (κ2) is 26.0. The van der Waals surface area contributed by atoms with Gasteiger partial charge in [-0.3, -0.25) is 0 Å². The van der Waals surface area contributed by atoms with Crippen molar-refractivity contribution in [2.45, 2.75) is 0 Å². The average Bonchev–Trinajstić information content (AvgIpc) is 1.47. The minimum absolute atomic E-state index is 0.911. The summed E-state index contributed by atoms with van der Waals surface area (Å²) in [6.45, 7) is 0. The van der Waals surface area contributed by atoms with Gasteiger partial charge in [0.15, 0.2) is 0 Å². The number of hydrogen-bond donors (Lipinski definition) is 0. The summed E-state index contributed by atoms with van der Waals surface area (Å²) in [6, 6.07) is 144. The van der Waals surface area contributed by atoms with Crippen LogP contribution in [-0.2, 0) is 0 Å². The summed E-state index contributed by atoms with van der Waals surface area (Å²) in [5.41, 5.74) is 28.5. The van der Waals surface area contributed by atoms with Crippen molar-refractivity contribution < 1.29 is 0 Å². The zero-order chi connectivity index (χ0) is 76.1. The lowest BCUT2D eigenvalue weighted by molar-refractivity contribution is 1.16. The molecule has 0 aliphatic carbocycles. The number of para-hydroxylation sites is 8. The topological polar surface area (TPSA) is 71.3 Å². The maximum atomic E-state index is 5.34. The van der Waals surface area contributed by atoms with Crippen molar-refractivity contribution in [1.82, 2.24) is 38.2 Å². The van der Waals surface area contributed by atoms with E-state index in [4.69, 9.17) is 19.9 Å². The third-order valence-electron chi connectivity index (χ3n) is 23.9. The largest absolute Gasteiger partial charge is 0.309 e. The molecule has 8 heteroatoms. The molecule has 0 unspecified atom stereocenters. The van der Waals surface area contributed by atoms with Crippen molar-refractivity contribution in [3.05, 3.63) is 400 Å². The second-order valence-electron chi connectivity index (χ2n) is 30.3. The molecule has 17 aromatic carbocycles. The van der Waals surface area contributed by atoms with Crippen molar-refractivity contribution >= 4 is 163 Å². The highest BCUT2D eigenvalue weighted by Gasteiger charge is 2.23. The summed E-state index contributed by atoms with van der Waals surface area (Å²) >= 11 is 0. The molecular weight excluding hydrogens is 1410 g/mol. The van der Waals surface area contributed by atoms with Crippen LogP contribution in [0.2, 0.25) is 0 Å².